The number of carbonyl (C=O) groups is 2. The molecular weight excluding hydrogens is 392 g/mol. The molecule has 2 aromatic rings. The van der Waals surface area contributed by atoms with Crippen LogP contribution >= 0.6 is 0 Å². The third kappa shape index (κ3) is 4.30. The van der Waals surface area contributed by atoms with Crippen LogP contribution in [-0.4, -0.2) is 46.7 Å². The number of aliphatic hydroxyl groups excluding tert-OH is 1. The summed E-state index contributed by atoms with van der Waals surface area (Å²) in [6.07, 6.45) is 1.97. The number of aryl methyl sites for hydroxylation is 2. The summed E-state index contributed by atoms with van der Waals surface area (Å²) in [6.45, 7) is 3.84. The number of urea groups is 1. The molecule has 31 heavy (non-hydrogen) atoms. The number of imide groups is 1. The van der Waals surface area contributed by atoms with Gasteiger partial charge < -0.3 is 15.2 Å². The summed E-state index contributed by atoms with van der Waals surface area (Å²) in [4.78, 5) is 26.9. The number of hydrogen-bond acceptors (Lipinski definition) is 4. The van der Waals surface area contributed by atoms with Crippen molar-refractivity contribution in [2.24, 2.45) is 0 Å². The lowest BCUT2D eigenvalue weighted by Gasteiger charge is -2.35. The van der Waals surface area contributed by atoms with E-state index in [1.165, 1.54) is 5.56 Å². The zero-order valence-electron chi connectivity index (χ0n) is 18.1. The largest absolute Gasteiger partial charge is 0.490 e. The SMILES string of the molecule is Cc1cccc(C)c1OCC(O)CN1C(=O)NC2(CCC(c3ccccc3)CC2)C1=O. The van der Waals surface area contributed by atoms with Crippen LogP contribution in [0.2, 0.25) is 0 Å². The minimum Gasteiger partial charge on any atom is -0.490 e. The standard InChI is InChI=1S/C25H30N2O4/c1-17-7-6-8-18(2)22(17)31-16-21(28)15-27-23(29)25(26-24(27)30)13-11-20(12-14-25)19-9-4-3-5-10-19/h3-10,20-21,28H,11-16H2,1-2H3,(H,26,30). The van der Waals surface area contributed by atoms with Gasteiger partial charge in [0.2, 0.25) is 0 Å². The maximum atomic E-state index is 13.1. The maximum absolute atomic E-state index is 13.1. The highest BCUT2D eigenvalue weighted by Crippen LogP contribution is 2.40. The second-order valence-electron chi connectivity index (χ2n) is 8.80. The van der Waals surface area contributed by atoms with Crippen molar-refractivity contribution in [3.63, 3.8) is 0 Å². The van der Waals surface area contributed by atoms with E-state index in [-0.39, 0.29) is 19.1 Å². The van der Waals surface area contributed by atoms with Crippen LogP contribution in [0.5, 0.6) is 5.75 Å². The minimum atomic E-state index is -0.954. The zero-order valence-corrected chi connectivity index (χ0v) is 18.1. The lowest BCUT2D eigenvalue weighted by molar-refractivity contribution is -0.133. The Hall–Kier alpha value is -2.86. The van der Waals surface area contributed by atoms with E-state index in [1.807, 2.05) is 50.2 Å². The summed E-state index contributed by atoms with van der Waals surface area (Å²) in [6, 6.07) is 15.7. The topological polar surface area (TPSA) is 78.9 Å². The second-order valence-corrected chi connectivity index (χ2v) is 8.80. The molecule has 164 valence electrons. The van der Waals surface area contributed by atoms with Crippen LogP contribution in [0, 0.1) is 13.8 Å². The molecule has 1 atom stereocenters. The third-order valence-corrected chi connectivity index (χ3v) is 6.58. The second kappa shape index (κ2) is 8.71. The first-order chi connectivity index (χ1) is 14.9. The number of nitrogens with one attached hydrogen (secondary N) is 1. The summed E-state index contributed by atoms with van der Waals surface area (Å²) in [5.41, 5.74) is 2.41. The molecule has 2 aliphatic rings. The molecule has 1 saturated carbocycles. The summed E-state index contributed by atoms with van der Waals surface area (Å²) in [7, 11) is 0. The molecule has 2 fully saturated rings. The first kappa shape index (κ1) is 21.4. The van der Waals surface area contributed by atoms with Gasteiger partial charge in [-0.15, -0.1) is 0 Å². The highest BCUT2D eigenvalue weighted by molar-refractivity contribution is 6.07. The van der Waals surface area contributed by atoms with E-state index in [1.54, 1.807) is 0 Å². The Morgan fingerprint density at radius 2 is 1.71 bits per heavy atom. The molecule has 0 radical (unpaired) electrons. The number of ether oxygens (including phenoxy) is 1. The number of β-amino-alcohol motifs (C(OH)–C–C–N with tert-alkyl or cyclic N) is 1. The van der Waals surface area contributed by atoms with Gasteiger partial charge in [-0.2, -0.15) is 0 Å². The van der Waals surface area contributed by atoms with Gasteiger partial charge >= 0.3 is 6.03 Å². The molecule has 1 heterocycles. The van der Waals surface area contributed by atoms with Crippen molar-refractivity contribution in [1.29, 1.82) is 0 Å². The monoisotopic (exact) mass is 422 g/mol. The van der Waals surface area contributed by atoms with Crippen LogP contribution in [-0.2, 0) is 4.79 Å². The van der Waals surface area contributed by atoms with Gasteiger partial charge in [-0.1, -0.05) is 48.5 Å². The first-order valence-corrected chi connectivity index (χ1v) is 11.0. The van der Waals surface area contributed by atoms with Gasteiger partial charge in [-0.3, -0.25) is 9.69 Å². The number of nitrogens with zero attached hydrogens (tertiary/aromatic N) is 1. The third-order valence-electron chi connectivity index (χ3n) is 6.58. The molecule has 1 aliphatic carbocycles. The predicted molar refractivity (Wildman–Crippen MR) is 118 cm³/mol. The number of amides is 3. The lowest BCUT2D eigenvalue weighted by atomic mass is 9.74. The molecule has 1 unspecified atom stereocenters. The molecule has 6 heteroatoms. The quantitative estimate of drug-likeness (QED) is 0.696. The number of para-hydroxylation sites is 1. The van der Waals surface area contributed by atoms with Gasteiger partial charge in [0, 0.05) is 0 Å². The van der Waals surface area contributed by atoms with Crippen LogP contribution in [0.3, 0.4) is 0 Å². The average Bonchev–Trinajstić information content (AvgIpc) is 2.98. The maximum Gasteiger partial charge on any atom is 0.325 e. The van der Waals surface area contributed by atoms with Crippen molar-refractivity contribution in [3.05, 3.63) is 65.2 Å². The Labute approximate surface area is 183 Å². The fourth-order valence-electron chi connectivity index (χ4n) is 4.82. The van der Waals surface area contributed by atoms with E-state index in [4.69, 9.17) is 4.74 Å². The van der Waals surface area contributed by atoms with Crippen LogP contribution in [0.4, 0.5) is 4.79 Å². The average molecular weight is 423 g/mol. The van der Waals surface area contributed by atoms with E-state index in [2.05, 4.69) is 17.4 Å². The van der Waals surface area contributed by atoms with Crippen LogP contribution in [0.1, 0.15) is 48.3 Å². The molecule has 0 bridgehead atoms. The van der Waals surface area contributed by atoms with E-state index in [9.17, 15) is 14.7 Å². The summed E-state index contributed by atoms with van der Waals surface area (Å²) >= 11 is 0. The fraction of sp³-hybridized carbons (Fsp3) is 0.440. The Balaban J connectivity index is 1.35. The van der Waals surface area contributed by atoms with Crippen molar-refractivity contribution in [2.75, 3.05) is 13.2 Å². The molecule has 6 nitrogen and oxygen atoms in total. The summed E-state index contributed by atoms with van der Waals surface area (Å²) < 4.78 is 5.79. The Morgan fingerprint density at radius 3 is 2.35 bits per heavy atom. The van der Waals surface area contributed by atoms with Gasteiger partial charge in [0.05, 0.1) is 6.54 Å². The summed E-state index contributed by atoms with van der Waals surface area (Å²) in [5.74, 6) is 0.909. The van der Waals surface area contributed by atoms with Gasteiger partial charge in [0.15, 0.2) is 0 Å². The first-order valence-electron chi connectivity index (χ1n) is 11.0. The van der Waals surface area contributed by atoms with Crippen molar-refractivity contribution >= 4 is 11.9 Å². The van der Waals surface area contributed by atoms with Crippen molar-refractivity contribution in [3.8, 4) is 5.75 Å². The van der Waals surface area contributed by atoms with Gasteiger partial charge in [0.1, 0.15) is 24.0 Å². The molecule has 4 rings (SSSR count). The molecular formula is C25H30N2O4. The fourth-order valence-corrected chi connectivity index (χ4v) is 4.82. The van der Waals surface area contributed by atoms with Gasteiger partial charge in [-0.25, -0.2) is 4.79 Å². The number of benzene rings is 2. The highest BCUT2D eigenvalue weighted by atomic mass is 16.5. The molecule has 3 amide bonds. The Kier molecular flexibility index (Phi) is 6.01. The van der Waals surface area contributed by atoms with E-state index >= 15 is 0 Å². The smallest absolute Gasteiger partial charge is 0.325 e. The van der Waals surface area contributed by atoms with Crippen molar-refractivity contribution in [2.45, 2.75) is 57.1 Å². The van der Waals surface area contributed by atoms with Crippen molar-refractivity contribution < 1.29 is 19.4 Å². The number of aliphatic hydroxyl groups is 1. The van der Waals surface area contributed by atoms with Crippen LogP contribution in [0.15, 0.2) is 48.5 Å². The Morgan fingerprint density at radius 1 is 1.06 bits per heavy atom. The van der Waals surface area contributed by atoms with Crippen LogP contribution < -0.4 is 10.1 Å². The molecule has 2 aromatic carbocycles. The molecule has 1 saturated heterocycles. The number of rotatable bonds is 6. The van der Waals surface area contributed by atoms with Crippen molar-refractivity contribution in [1.82, 2.24) is 10.2 Å². The minimum absolute atomic E-state index is 0.0197. The van der Waals surface area contributed by atoms with Gasteiger partial charge in [0.25, 0.3) is 5.91 Å². The van der Waals surface area contributed by atoms with E-state index in [0.29, 0.717) is 18.8 Å². The normalized spacial score (nSPS) is 24.4. The zero-order chi connectivity index (χ0) is 22.0. The summed E-state index contributed by atoms with van der Waals surface area (Å²) in [5, 5.41) is 13.4. The number of hydrogen-bond donors (Lipinski definition) is 2. The number of carbonyl (C=O) groups excluding carboxylic acids is 2. The molecule has 1 spiro atoms. The van der Waals surface area contributed by atoms with E-state index in [0.717, 1.165) is 34.6 Å². The van der Waals surface area contributed by atoms with E-state index < -0.39 is 17.7 Å². The molecule has 1 aliphatic heterocycles. The Bertz CT molecular complexity index is 931. The van der Waals surface area contributed by atoms with Crippen LogP contribution in [0.25, 0.3) is 0 Å². The molecule has 0 aromatic heterocycles. The highest BCUT2D eigenvalue weighted by Gasteiger charge is 2.52. The molecule has 2 N–H and O–H groups in total. The lowest BCUT2D eigenvalue weighted by Crippen LogP contribution is -2.49. The van der Waals surface area contributed by atoms with Gasteiger partial charge in [-0.05, 0) is 62.1 Å². The predicted octanol–water partition coefficient (Wildman–Crippen LogP) is 3.69.